The summed E-state index contributed by atoms with van der Waals surface area (Å²) in [4.78, 5) is 14.7. The lowest BCUT2D eigenvalue weighted by Crippen LogP contribution is -2.46. The highest BCUT2D eigenvalue weighted by atomic mass is 16.6. The first-order valence-electron chi connectivity index (χ1n) is 7.84. The Morgan fingerprint density at radius 3 is 2.91 bits per heavy atom. The van der Waals surface area contributed by atoms with Gasteiger partial charge in [0.15, 0.2) is 11.5 Å². The van der Waals surface area contributed by atoms with Gasteiger partial charge in [-0.05, 0) is 31.9 Å². The number of hydrogen-bond acceptors (Lipinski definition) is 5. The monoisotopic (exact) mass is 314 g/mol. The van der Waals surface area contributed by atoms with Gasteiger partial charge >= 0.3 is 0 Å². The van der Waals surface area contributed by atoms with Crippen molar-refractivity contribution in [2.24, 2.45) is 0 Å². The number of ether oxygens (including phenoxy) is 2. The quantitative estimate of drug-likeness (QED) is 0.852. The first kappa shape index (κ1) is 14.1. The molecule has 120 valence electrons. The molecule has 2 aromatic rings. The number of likely N-dealkylation sites (tertiary alicyclic amines) is 1. The fourth-order valence-corrected chi connectivity index (χ4v) is 3.21. The molecule has 0 bridgehead atoms. The topological polar surface area (TPSA) is 64.8 Å². The zero-order valence-corrected chi connectivity index (χ0v) is 12.9. The average molecular weight is 314 g/mol. The number of aromatic nitrogens is 1. The minimum atomic E-state index is -0.613. The van der Waals surface area contributed by atoms with Crippen molar-refractivity contribution >= 4 is 5.91 Å². The lowest BCUT2D eigenvalue weighted by Gasteiger charge is -2.31. The van der Waals surface area contributed by atoms with E-state index in [1.807, 2.05) is 42.2 Å². The maximum Gasteiger partial charge on any atom is 0.267 e. The van der Waals surface area contributed by atoms with Crippen molar-refractivity contribution < 1.29 is 18.8 Å². The number of amides is 1. The third-order valence-electron chi connectivity index (χ3n) is 4.31. The normalized spacial score (nSPS) is 23.1. The van der Waals surface area contributed by atoms with Crippen LogP contribution in [0.3, 0.4) is 0 Å². The molecule has 6 heteroatoms. The smallest absolute Gasteiger partial charge is 0.267 e. The van der Waals surface area contributed by atoms with Crippen LogP contribution in [0, 0.1) is 6.92 Å². The van der Waals surface area contributed by atoms with Gasteiger partial charge in [0.05, 0.1) is 6.04 Å². The molecular weight excluding hydrogens is 296 g/mol. The molecule has 2 atom stereocenters. The van der Waals surface area contributed by atoms with Crippen LogP contribution in [0.2, 0.25) is 0 Å². The van der Waals surface area contributed by atoms with Gasteiger partial charge in [-0.2, -0.15) is 0 Å². The molecule has 0 saturated carbocycles. The van der Waals surface area contributed by atoms with Crippen LogP contribution in [0.4, 0.5) is 0 Å². The number of carbonyl (C=O) groups is 1. The highest BCUT2D eigenvalue weighted by molar-refractivity contribution is 5.82. The number of rotatable bonds is 2. The molecule has 0 spiro atoms. The van der Waals surface area contributed by atoms with E-state index in [1.165, 1.54) is 0 Å². The van der Waals surface area contributed by atoms with E-state index in [0.717, 1.165) is 24.3 Å². The third kappa shape index (κ3) is 2.54. The highest BCUT2D eigenvalue weighted by Crippen LogP contribution is 2.35. The summed E-state index contributed by atoms with van der Waals surface area (Å²) in [5, 5.41) is 4.07. The first-order valence-corrected chi connectivity index (χ1v) is 7.84. The molecule has 1 fully saturated rings. The van der Waals surface area contributed by atoms with Gasteiger partial charge in [-0.1, -0.05) is 17.3 Å². The number of benzene rings is 1. The van der Waals surface area contributed by atoms with Crippen LogP contribution in [-0.4, -0.2) is 35.2 Å². The number of para-hydroxylation sites is 2. The predicted molar refractivity (Wildman–Crippen MR) is 81.3 cm³/mol. The number of carbonyl (C=O) groups excluding carboxylic acids is 1. The lowest BCUT2D eigenvalue weighted by molar-refractivity contribution is -0.142. The van der Waals surface area contributed by atoms with E-state index in [9.17, 15) is 4.79 Å². The van der Waals surface area contributed by atoms with Crippen molar-refractivity contribution in [2.45, 2.75) is 31.9 Å². The minimum Gasteiger partial charge on any atom is -0.485 e. The second kappa shape index (κ2) is 5.61. The molecule has 1 aromatic heterocycles. The van der Waals surface area contributed by atoms with Gasteiger partial charge in [0.25, 0.3) is 5.91 Å². The van der Waals surface area contributed by atoms with E-state index in [4.69, 9.17) is 14.0 Å². The molecule has 0 N–H and O–H groups in total. The van der Waals surface area contributed by atoms with Crippen LogP contribution >= 0.6 is 0 Å². The number of fused-ring (bicyclic) bond motifs is 1. The van der Waals surface area contributed by atoms with Gasteiger partial charge in [-0.15, -0.1) is 0 Å². The Balaban J connectivity index is 1.52. The number of aryl methyl sites for hydroxylation is 1. The van der Waals surface area contributed by atoms with Crippen LogP contribution in [0.15, 0.2) is 34.9 Å². The summed E-state index contributed by atoms with van der Waals surface area (Å²) in [7, 11) is 0. The second-order valence-corrected chi connectivity index (χ2v) is 5.92. The Morgan fingerprint density at radius 1 is 1.30 bits per heavy atom. The average Bonchev–Trinajstić information content (AvgIpc) is 3.22. The summed E-state index contributed by atoms with van der Waals surface area (Å²) in [6, 6.07) is 9.26. The Kier molecular flexibility index (Phi) is 3.44. The molecule has 0 radical (unpaired) electrons. The van der Waals surface area contributed by atoms with E-state index in [1.54, 1.807) is 0 Å². The van der Waals surface area contributed by atoms with Crippen molar-refractivity contribution in [1.82, 2.24) is 10.1 Å². The molecule has 23 heavy (non-hydrogen) atoms. The Hall–Kier alpha value is -2.50. The number of nitrogens with zero attached hydrogens (tertiary/aromatic N) is 2. The molecule has 2 aliphatic heterocycles. The molecule has 1 saturated heterocycles. The summed E-state index contributed by atoms with van der Waals surface area (Å²) in [5.41, 5.74) is 0.811. The van der Waals surface area contributed by atoms with Gasteiger partial charge in [0, 0.05) is 12.6 Å². The van der Waals surface area contributed by atoms with Gasteiger partial charge < -0.3 is 18.9 Å². The van der Waals surface area contributed by atoms with Crippen molar-refractivity contribution in [1.29, 1.82) is 0 Å². The van der Waals surface area contributed by atoms with Crippen LogP contribution in [0.5, 0.6) is 11.5 Å². The Morgan fingerprint density at radius 2 is 2.13 bits per heavy atom. The predicted octanol–water partition coefficient (Wildman–Crippen LogP) is 2.49. The van der Waals surface area contributed by atoms with Gasteiger partial charge in [-0.3, -0.25) is 4.79 Å². The summed E-state index contributed by atoms with van der Waals surface area (Å²) in [6.45, 7) is 2.79. The molecular formula is C17H18N2O4. The van der Waals surface area contributed by atoms with Crippen molar-refractivity contribution in [2.75, 3.05) is 13.2 Å². The zero-order chi connectivity index (χ0) is 15.8. The second-order valence-electron chi connectivity index (χ2n) is 5.92. The van der Waals surface area contributed by atoms with E-state index in [-0.39, 0.29) is 18.6 Å². The molecule has 6 nitrogen and oxygen atoms in total. The van der Waals surface area contributed by atoms with Crippen molar-refractivity contribution in [3.05, 3.63) is 41.8 Å². The fourth-order valence-electron chi connectivity index (χ4n) is 3.21. The minimum absolute atomic E-state index is 0.0410. The van der Waals surface area contributed by atoms with Crippen LogP contribution in [0.25, 0.3) is 0 Å². The molecule has 4 rings (SSSR count). The summed E-state index contributed by atoms with van der Waals surface area (Å²) < 4.78 is 16.6. The van der Waals surface area contributed by atoms with Gasteiger partial charge in [0.1, 0.15) is 18.1 Å². The molecule has 1 amide bonds. The van der Waals surface area contributed by atoms with E-state index in [2.05, 4.69) is 5.16 Å². The number of hydrogen-bond donors (Lipinski definition) is 0. The molecule has 2 aliphatic rings. The maximum absolute atomic E-state index is 12.9. The first-order chi connectivity index (χ1) is 11.2. The van der Waals surface area contributed by atoms with Gasteiger partial charge in [0.2, 0.25) is 6.10 Å². The largest absolute Gasteiger partial charge is 0.485 e. The molecule has 3 heterocycles. The lowest BCUT2D eigenvalue weighted by atomic mass is 10.1. The maximum atomic E-state index is 12.9. The zero-order valence-electron chi connectivity index (χ0n) is 12.9. The third-order valence-corrected chi connectivity index (χ3v) is 4.31. The van der Waals surface area contributed by atoms with E-state index >= 15 is 0 Å². The van der Waals surface area contributed by atoms with Crippen molar-refractivity contribution in [3.63, 3.8) is 0 Å². The van der Waals surface area contributed by atoms with Gasteiger partial charge in [-0.25, -0.2) is 0 Å². The van der Waals surface area contributed by atoms with E-state index < -0.39 is 6.10 Å². The van der Waals surface area contributed by atoms with Crippen LogP contribution in [0.1, 0.15) is 30.3 Å². The Labute approximate surface area is 134 Å². The Bertz CT molecular complexity index is 727. The fraction of sp³-hybridized carbons (Fsp3) is 0.412. The highest BCUT2D eigenvalue weighted by Gasteiger charge is 2.38. The molecule has 0 unspecified atom stereocenters. The summed E-state index contributed by atoms with van der Waals surface area (Å²) in [6.07, 6.45) is 1.23. The van der Waals surface area contributed by atoms with E-state index in [0.29, 0.717) is 18.0 Å². The summed E-state index contributed by atoms with van der Waals surface area (Å²) >= 11 is 0. The standard InChI is InChI=1S/C17H18N2O4/c1-11-9-12(18-23-11)13-5-4-8-19(13)17(20)16-10-21-14-6-2-3-7-15(14)22-16/h2-3,6-7,9,13,16H,4-5,8,10H2,1H3/t13-,16-/m0/s1. The van der Waals surface area contributed by atoms with Crippen molar-refractivity contribution in [3.8, 4) is 11.5 Å². The van der Waals surface area contributed by atoms with Crippen LogP contribution < -0.4 is 9.47 Å². The molecule has 1 aromatic carbocycles. The van der Waals surface area contributed by atoms with Crippen LogP contribution in [-0.2, 0) is 4.79 Å². The summed E-state index contributed by atoms with van der Waals surface area (Å²) in [5.74, 6) is 2.00. The SMILES string of the molecule is Cc1cc([C@@H]2CCCN2C(=O)[C@@H]2COc3ccccc3O2)no1. The molecule has 0 aliphatic carbocycles.